The van der Waals surface area contributed by atoms with E-state index in [4.69, 9.17) is 5.11 Å². The van der Waals surface area contributed by atoms with Gasteiger partial charge in [0, 0.05) is 19.1 Å². The van der Waals surface area contributed by atoms with Gasteiger partial charge >= 0.3 is 0 Å². The lowest BCUT2D eigenvalue weighted by molar-refractivity contribution is -0.125. The van der Waals surface area contributed by atoms with Crippen LogP contribution in [0.3, 0.4) is 0 Å². The summed E-state index contributed by atoms with van der Waals surface area (Å²) in [5.41, 5.74) is 0.0737. The van der Waals surface area contributed by atoms with Gasteiger partial charge in [-0.05, 0) is 24.7 Å². The van der Waals surface area contributed by atoms with Crippen LogP contribution < -0.4 is 5.32 Å². The van der Waals surface area contributed by atoms with Crippen LogP contribution in [0.1, 0.15) is 53.4 Å². The third kappa shape index (κ3) is 6.83. The van der Waals surface area contributed by atoms with E-state index in [0.717, 1.165) is 25.7 Å². The maximum Gasteiger partial charge on any atom is 0.222 e. The van der Waals surface area contributed by atoms with Crippen molar-refractivity contribution in [1.29, 1.82) is 0 Å². The molecule has 0 radical (unpaired) electrons. The van der Waals surface area contributed by atoms with Gasteiger partial charge in [0.05, 0.1) is 0 Å². The van der Waals surface area contributed by atoms with Crippen LogP contribution >= 0.6 is 0 Å². The number of rotatable bonds is 8. The number of hydrogen-bond donors (Lipinski definition) is 2. The molecule has 1 unspecified atom stereocenters. The van der Waals surface area contributed by atoms with Gasteiger partial charge in [-0.1, -0.05) is 34.1 Å². The Labute approximate surface area is 99.6 Å². The van der Waals surface area contributed by atoms with Crippen LogP contribution in [0.2, 0.25) is 0 Å². The Morgan fingerprint density at radius 3 is 2.56 bits per heavy atom. The van der Waals surface area contributed by atoms with Crippen molar-refractivity contribution in [3.05, 3.63) is 0 Å². The molecule has 3 nitrogen and oxygen atoms in total. The number of nitrogens with one attached hydrogen (secondary N) is 1. The third-order valence-corrected chi connectivity index (χ3v) is 2.92. The van der Waals surface area contributed by atoms with Crippen molar-refractivity contribution in [3.8, 4) is 0 Å². The van der Waals surface area contributed by atoms with E-state index in [1.807, 2.05) is 6.92 Å². The fourth-order valence-corrected chi connectivity index (χ4v) is 1.71. The fourth-order valence-electron chi connectivity index (χ4n) is 1.71. The Balaban J connectivity index is 3.89. The summed E-state index contributed by atoms with van der Waals surface area (Å²) in [6, 6.07) is 0. The second-order valence-corrected chi connectivity index (χ2v) is 5.40. The second kappa shape index (κ2) is 7.66. The smallest absolute Gasteiger partial charge is 0.222 e. The first-order valence-corrected chi connectivity index (χ1v) is 6.31. The quantitative estimate of drug-likeness (QED) is 0.671. The summed E-state index contributed by atoms with van der Waals surface area (Å²) in [6.07, 6.45) is 3.73. The van der Waals surface area contributed by atoms with Crippen LogP contribution in [0.25, 0.3) is 0 Å². The maximum atomic E-state index is 11.7. The predicted molar refractivity (Wildman–Crippen MR) is 67.2 cm³/mol. The van der Waals surface area contributed by atoms with E-state index >= 15 is 0 Å². The lowest BCUT2D eigenvalue weighted by Crippen LogP contribution is -2.37. The maximum absolute atomic E-state index is 11.7. The molecule has 0 aromatic carbocycles. The summed E-state index contributed by atoms with van der Waals surface area (Å²) in [6.45, 7) is 9.22. The molecule has 0 saturated heterocycles. The van der Waals surface area contributed by atoms with Crippen molar-refractivity contribution in [2.45, 2.75) is 53.4 Å². The molecule has 0 spiro atoms. The molecule has 0 bridgehead atoms. The molecule has 0 aliphatic rings. The topological polar surface area (TPSA) is 49.3 Å². The first kappa shape index (κ1) is 15.4. The normalized spacial score (nSPS) is 13.6. The van der Waals surface area contributed by atoms with Gasteiger partial charge in [0.15, 0.2) is 0 Å². The Hall–Kier alpha value is -0.570. The molecule has 0 heterocycles. The number of amides is 1. The molecule has 0 fully saturated rings. The van der Waals surface area contributed by atoms with E-state index in [2.05, 4.69) is 26.1 Å². The molecule has 3 heteroatoms. The lowest BCUT2D eigenvalue weighted by Gasteiger charge is -2.25. The van der Waals surface area contributed by atoms with Crippen molar-refractivity contribution in [2.24, 2.45) is 11.3 Å². The molecule has 0 rings (SSSR count). The number of aliphatic hydroxyl groups excluding tert-OH is 1. The molecule has 1 atom stereocenters. The highest BCUT2D eigenvalue weighted by molar-refractivity contribution is 5.78. The Morgan fingerprint density at radius 2 is 2.06 bits per heavy atom. The van der Waals surface area contributed by atoms with Gasteiger partial charge in [-0.15, -0.1) is 0 Å². The van der Waals surface area contributed by atoms with Gasteiger partial charge in [0.2, 0.25) is 5.91 Å². The first-order valence-electron chi connectivity index (χ1n) is 6.31. The fraction of sp³-hybridized carbons (Fsp3) is 0.923. The van der Waals surface area contributed by atoms with Crippen LogP contribution in [0.4, 0.5) is 0 Å². The van der Waals surface area contributed by atoms with E-state index in [1.165, 1.54) is 0 Å². The van der Waals surface area contributed by atoms with Crippen LogP contribution in [-0.4, -0.2) is 24.2 Å². The van der Waals surface area contributed by atoms with Crippen molar-refractivity contribution >= 4 is 5.91 Å². The van der Waals surface area contributed by atoms with Crippen LogP contribution in [0, 0.1) is 11.3 Å². The SMILES string of the molecule is CCCC(C)C(=O)NCC(C)(C)CCCO. The van der Waals surface area contributed by atoms with E-state index in [1.54, 1.807) is 0 Å². The minimum atomic E-state index is 0.0737. The Kier molecular flexibility index (Phi) is 7.39. The van der Waals surface area contributed by atoms with Crippen LogP contribution in [0.5, 0.6) is 0 Å². The monoisotopic (exact) mass is 229 g/mol. The van der Waals surface area contributed by atoms with Crippen LogP contribution in [0.15, 0.2) is 0 Å². The third-order valence-electron chi connectivity index (χ3n) is 2.92. The molecule has 1 amide bonds. The molecule has 0 aromatic heterocycles. The highest BCUT2D eigenvalue weighted by Gasteiger charge is 2.19. The summed E-state index contributed by atoms with van der Waals surface area (Å²) in [4.78, 5) is 11.7. The van der Waals surface area contributed by atoms with Gasteiger partial charge in [-0.2, -0.15) is 0 Å². The van der Waals surface area contributed by atoms with Crippen molar-refractivity contribution in [2.75, 3.05) is 13.2 Å². The zero-order chi connectivity index (χ0) is 12.6. The average molecular weight is 229 g/mol. The number of carbonyl (C=O) groups is 1. The highest BCUT2D eigenvalue weighted by atomic mass is 16.2. The van der Waals surface area contributed by atoms with E-state index in [9.17, 15) is 4.79 Å². The zero-order valence-corrected chi connectivity index (χ0v) is 11.2. The van der Waals surface area contributed by atoms with Gasteiger partial charge in [0.1, 0.15) is 0 Å². The van der Waals surface area contributed by atoms with E-state index in [-0.39, 0.29) is 23.8 Å². The highest BCUT2D eigenvalue weighted by Crippen LogP contribution is 2.21. The predicted octanol–water partition coefficient (Wildman–Crippen LogP) is 2.34. The van der Waals surface area contributed by atoms with E-state index in [0.29, 0.717) is 6.54 Å². The molecular weight excluding hydrogens is 202 g/mol. The van der Waals surface area contributed by atoms with Gasteiger partial charge in [-0.25, -0.2) is 0 Å². The summed E-state index contributed by atoms with van der Waals surface area (Å²) < 4.78 is 0. The minimum Gasteiger partial charge on any atom is -0.396 e. The van der Waals surface area contributed by atoms with E-state index < -0.39 is 0 Å². The average Bonchev–Trinajstić information content (AvgIpc) is 2.23. The van der Waals surface area contributed by atoms with Crippen molar-refractivity contribution < 1.29 is 9.90 Å². The number of aliphatic hydroxyl groups is 1. The zero-order valence-electron chi connectivity index (χ0n) is 11.2. The molecule has 0 saturated carbocycles. The van der Waals surface area contributed by atoms with Gasteiger partial charge in [-0.3, -0.25) is 4.79 Å². The first-order chi connectivity index (χ1) is 7.43. The molecule has 96 valence electrons. The van der Waals surface area contributed by atoms with Crippen LogP contribution in [-0.2, 0) is 4.79 Å². The summed E-state index contributed by atoms with van der Waals surface area (Å²) >= 11 is 0. The molecule has 0 aliphatic carbocycles. The molecule has 0 aromatic rings. The standard InChI is InChI=1S/C13H27NO2/c1-5-7-11(2)12(16)14-10-13(3,4)8-6-9-15/h11,15H,5-10H2,1-4H3,(H,14,16). The largest absolute Gasteiger partial charge is 0.396 e. The van der Waals surface area contributed by atoms with Gasteiger partial charge in [0.25, 0.3) is 0 Å². The second-order valence-electron chi connectivity index (χ2n) is 5.40. The lowest BCUT2D eigenvalue weighted by atomic mass is 9.87. The molecule has 0 aliphatic heterocycles. The number of carbonyl (C=O) groups excluding carboxylic acids is 1. The minimum absolute atomic E-state index is 0.0737. The molecule has 16 heavy (non-hydrogen) atoms. The van der Waals surface area contributed by atoms with Gasteiger partial charge < -0.3 is 10.4 Å². The summed E-state index contributed by atoms with van der Waals surface area (Å²) in [5, 5.41) is 11.8. The van der Waals surface area contributed by atoms with Crippen molar-refractivity contribution in [1.82, 2.24) is 5.32 Å². The molecular formula is C13H27NO2. The summed E-state index contributed by atoms with van der Waals surface area (Å²) in [5.74, 6) is 0.262. The summed E-state index contributed by atoms with van der Waals surface area (Å²) in [7, 11) is 0. The number of hydrogen-bond acceptors (Lipinski definition) is 2. The molecule has 2 N–H and O–H groups in total. The van der Waals surface area contributed by atoms with Crippen molar-refractivity contribution in [3.63, 3.8) is 0 Å². The Bertz CT molecular complexity index is 202. The Morgan fingerprint density at radius 1 is 1.44 bits per heavy atom.